The van der Waals surface area contributed by atoms with Gasteiger partial charge >= 0.3 is 6.18 Å². The lowest BCUT2D eigenvalue weighted by Crippen LogP contribution is -2.51. The van der Waals surface area contributed by atoms with Gasteiger partial charge in [-0.15, -0.1) is 0 Å². The first kappa shape index (κ1) is 14.4. The fourth-order valence-corrected chi connectivity index (χ4v) is 2.27. The van der Waals surface area contributed by atoms with Gasteiger partial charge in [-0.1, -0.05) is 11.6 Å². The van der Waals surface area contributed by atoms with Gasteiger partial charge in [0, 0.05) is 25.3 Å². The third-order valence-corrected chi connectivity index (χ3v) is 3.35. The number of nitrogens with two attached hydrogens (primary N) is 1. The zero-order chi connectivity index (χ0) is 14.2. The smallest absolute Gasteiger partial charge is 0.391 e. The summed E-state index contributed by atoms with van der Waals surface area (Å²) < 4.78 is 37.5. The average Bonchev–Trinajstić information content (AvgIpc) is 2.31. The summed E-state index contributed by atoms with van der Waals surface area (Å²) in [5, 5.41) is 9.44. The largest absolute Gasteiger partial charge is 0.417 e. The Balaban J connectivity index is 2.22. The summed E-state index contributed by atoms with van der Waals surface area (Å²) in [5.41, 5.74) is 4.83. The highest BCUT2D eigenvalue weighted by Gasteiger charge is 2.33. The van der Waals surface area contributed by atoms with Gasteiger partial charge in [-0.25, -0.2) is 4.98 Å². The number of nitrogens with zero attached hydrogens (tertiary/aromatic N) is 2. The van der Waals surface area contributed by atoms with E-state index in [1.165, 1.54) is 0 Å². The molecule has 2 heterocycles. The molecule has 8 heteroatoms. The number of pyridine rings is 1. The normalized spacial score (nSPS) is 24.6. The van der Waals surface area contributed by atoms with Gasteiger partial charge in [0.25, 0.3) is 0 Å². The molecule has 0 amide bonds. The van der Waals surface area contributed by atoms with Crippen molar-refractivity contribution in [3.63, 3.8) is 0 Å². The fraction of sp³-hybridized carbons (Fsp3) is 0.545. The van der Waals surface area contributed by atoms with Crippen molar-refractivity contribution in [1.82, 2.24) is 4.98 Å². The molecule has 4 nitrogen and oxygen atoms in total. The molecule has 0 unspecified atom stereocenters. The number of aliphatic hydroxyl groups excluding tert-OH is 1. The van der Waals surface area contributed by atoms with E-state index >= 15 is 0 Å². The average molecular weight is 296 g/mol. The summed E-state index contributed by atoms with van der Waals surface area (Å²) in [4.78, 5) is 5.45. The molecular formula is C11H13ClF3N3O. The molecule has 0 aliphatic carbocycles. The Labute approximate surface area is 113 Å². The highest BCUT2D eigenvalue weighted by Crippen LogP contribution is 2.34. The maximum Gasteiger partial charge on any atom is 0.417 e. The Kier molecular flexibility index (Phi) is 3.89. The summed E-state index contributed by atoms with van der Waals surface area (Å²) >= 11 is 5.85. The van der Waals surface area contributed by atoms with E-state index in [9.17, 15) is 18.3 Å². The molecule has 0 bridgehead atoms. The van der Waals surface area contributed by atoms with Crippen LogP contribution in [-0.4, -0.2) is 35.3 Å². The lowest BCUT2D eigenvalue weighted by molar-refractivity contribution is -0.137. The molecule has 2 rings (SSSR count). The quantitative estimate of drug-likeness (QED) is 0.827. The number of alkyl halides is 3. The van der Waals surface area contributed by atoms with E-state index < -0.39 is 23.9 Å². The van der Waals surface area contributed by atoms with Crippen LogP contribution in [0.1, 0.15) is 12.0 Å². The van der Waals surface area contributed by atoms with Crippen molar-refractivity contribution < 1.29 is 18.3 Å². The number of rotatable bonds is 1. The first-order chi connectivity index (χ1) is 8.79. The van der Waals surface area contributed by atoms with E-state index in [0.717, 1.165) is 12.3 Å². The van der Waals surface area contributed by atoms with E-state index in [2.05, 4.69) is 4.98 Å². The molecule has 1 fully saturated rings. The van der Waals surface area contributed by atoms with Gasteiger partial charge in [0.2, 0.25) is 0 Å². The molecule has 0 saturated carbocycles. The molecule has 1 saturated heterocycles. The van der Waals surface area contributed by atoms with Crippen LogP contribution >= 0.6 is 11.6 Å². The maximum absolute atomic E-state index is 12.5. The molecule has 1 aliphatic rings. The van der Waals surface area contributed by atoms with Crippen molar-refractivity contribution in [2.75, 3.05) is 18.0 Å². The van der Waals surface area contributed by atoms with E-state index in [-0.39, 0.29) is 10.8 Å². The lowest BCUT2D eigenvalue weighted by Gasteiger charge is -2.35. The van der Waals surface area contributed by atoms with Crippen molar-refractivity contribution >= 4 is 17.4 Å². The minimum Gasteiger partial charge on any atom is -0.391 e. The molecule has 0 radical (unpaired) electrons. The van der Waals surface area contributed by atoms with Crippen LogP contribution in [0, 0.1) is 0 Å². The van der Waals surface area contributed by atoms with Crippen LogP contribution in [0.5, 0.6) is 0 Å². The van der Waals surface area contributed by atoms with Crippen molar-refractivity contribution in [3.8, 4) is 0 Å². The number of hydrogen-bond acceptors (Lipinski definition) is 4. The predicted octanol–water partition coefficient (Wildman–Crippen LogP) is 1.65. The van der Waals surface area contributed by atoms with E-state index in [1.54, 1.807) is 4.90 Å². The molecule has 3 N–H and O–H groups in total. The van der Waals surface area contributed by atoms with Gasteiger partial charge in [0.05, 0.1) is 16.7 Å². The third kappa shape index (κ3) is 3.10. The zero-order valence-electron chi connectivity index (χ0n) is 9.86. The molecule has 1 aromatic rings. The number of piperidine rings is 1. The number of aromatic nitrogens is 1. The third-order valence-electron chi connectivity index (χ3n) is 3.07. The predicted molar refractivity (Wildman–Crippen MR) is 65.1 cm³/mol. The second-order valence-electron chi connectivity index (χ2n) is 4.49. The van der Waals surface area contributed by atoms with Crippen molar-refractivity contribution in [1.29, 1.82) is 0 Å². The van der Waals surface area contributed by atoms with Crippen LogP contribution in [-0.2, 0) is 6.18 Å². The lowest BCUT2D eigenvalue weighted by atomic mass is 10.0. The summed E-state index contributed by atoms with van der Waals surface area (Å²) in [5.74, 6) is 0.261. The Morgan fingerprint density at radius 1 is 1.47 bits per heavy atom. The topological polar surface area (TPSA) is 62.4 Å². The van der Waals surface area contributed by atoms with Crippen LogP contribution in [0.2, 0.25) is 5.02 Å². The minimum atomic E-state index is -4.47. The molecule has 0 spiro atoms. The fourth-order valence-electron chi connectivity index (χ4n) is 1.98. The Morgan fingerprint density at radius 2 is 2.16 bits per heavy atom. The molecule has 1 aromatic heterocycles. The zero-order valence-corrected chi connectivity index (χ0v) is 10.6. The van der Waals surface area contributed by atoms with Gasteiger partial charge < -0.3 is 15.7 Å². The minimum absolute atomic E-state index is 0.0709. The molecule has 0 aromatic carbocycles. The number of aliphatic hydroxyl groups is 1. The SMILES string of the molecule is N[C@H]1CN(c2ncc(C(F)(F)F)cc2Cl)CC[C@@H]1O. The monoisotopic (exact) mass is 295 g/mol. The maximum atomic E-state index is 12.5. The molecular weight excluding hydrogens is 283 g/mol. The highest BCUT2D eigenvalue weighted by molar-refractivity contribution is 6.33. The van der Waals surface area contributed by atoms with Crippen molar-refractivity contribution in [3.05, 3.63) is 22.8 Å². The standard InChI is InChI=1S/C11H13ClF3N3O/c12-7-3-6(11(13,14)15)4-17-10(7)18-2-1-9(19)8(16)5-18/h3-4,8-9,19H,1-2,5,16H2/t8-,9-/m0/s1. The van der Waals surface area contributed by atoms with Crippen LogP contribution in [0.4, 0.5) is 19.0 Å². The first-order valence-electron chi connectivity index (χ1n) is 5.70. The van der Waals surface area contributed by atoms with Gasteiger partial charge in [0.15, 0.2) is 0 Å². The van der Waals surface area contributed by atoms with Crippen LogP contribution in [0.25, 0.3) is 0 Å². The van der Waals surface area contributed by atoms with Gasteiger partial charge in [-0.05, 0) is 12.5 Å². The van der Waals surface area contributed by atoms with Crippen LogP contribution in [0.3, 0.4) is 0 Å². The molecule has 106 valence electrons. The Bertz CT molecular complexity index is 469. The molecule has 19 heavy (non-hydrogen) atoms. The van der Waals surface area contributed by atoms with E-state index in [4.69, 9.17) is 17.3 Å². The second kappa shape index (κ2) is 5.15. The number of hydrogen-bond donors (Lipinski definition) is 2. The second-order valence-corrected chi connectivity index (χ2v) is 4.90. The van der Waals surface area contributed by atoms with Gasteiger partial charge in [-0.3, -0.25) is 0 Å². The summed E-state index contributed by atoms with van der Waals surface area (Å²) in [7, 11) is 0. The number of anilines is 1. The van der Waals surface area contributed by atoms with Crippen molar-refractivity contribution in [2.24, 2.45) is 5.73 Å². The first-order valence-corrected chi connectivity index (χ1v) is 6.08. The van der Waals surface area contributed by atoms with Crippen LogP contribution in [0.15, 0.2) is 12.3 Å². The van der Waals surface area contributed by atoms with Crippen molar-refractivity contribution in [2.45, 2.75) is 24.7 Å². The van der Waals surface area contributed by atoms with Gasteiger partial charge in [0.1, 0.15) is 5.82 Å². The highest BCUT2D eigenvalue weighted by atomic mass is 35.5. The van der Waals surface area contributed by atoms with Crippen LogP contribution < -0.4 is 10.6 Å². The molecule has 2 atom stereocenters. The summed E-state index contributed by atoms with van der Waals surface area (Å²) in [6, 6.07) is 0.384. The Morgan fingerprint density at radius 3 is 2.68 bits per heavy atom. The molecule has 1 aliphatic heterocycles. The number of halogens is 4. The van der Waals surface area contributed by atoms with E-state index in [0.29, 0.717) is 19.5 Å². The Hall–Kier alpha value is -1.05. The summed E-state index contributed by atoms with van der Waals surface area (Å²) in [6.45, 7) is 0.756. The van der Waals surface area contributed by atoms with Gasteiger partial charge in [-0.2, -0.15) is 13.2 Å². The summed E-state index contributed by atoms with van der Waals surface area (Å²) in [6.07, 6.45) is -3.90. The van der Waals surface area contributed by atoms with E-state index in [1.807, 2.05) is 0 Å².